The molecule has 0 aromatic heterocycles. The highest BCUT2D eigenvalue weighted by atomic mass is 16.1. The number of carbonyl (C=O) groups is 2. The van der Waals surface area contributed by atoms with Gasteiger partial charge >= 0.3 is 0 Å². The number of ketones is 2. The van der Waals surface area contributed by atoms with Crippen molar-refractivity contribution in [2.75, 3.05) is 5.32 Å². The molecule has 3 aromatic carbocycles. The summed E-state index contributed by atoms with van der Waals surface area (Å²) in [5, 5.41) is 3.05. The minimum Gasteiger partial charge on any atom is -0.352 e. The Morgan fingerprint density at radius 3 is 1.77 bits per heavy atom. The molecular formula is C61H85NO2. The molecule has 4 aliphatic carbocycles. The van der Waals surface area contributed by atoms with Gasteiger partial charge in [0.25, 0.3) is 0 Å². The average Bonchev–Trinajstić information content (AvgIpc) is 3.27. The van der Waals surface area contributed by atoms with Crippen molar-refractivity contribution in [1.29, 1.82) is 0 Å². The van der Waals surface area contributed by atoms with Crippen molar-refractivity contribution in [3.63, 3.8) is 0 Å². The third-order valence-corrected chi connectivity index (χ3v) is 13.1. The molecule has 0 radical (unpaired) electrons. The molecule has 3 nitrogen and oxygen atoms in total. The highest BCUT2D eigenvalue weighted by molar-refractivity contribution is 6.25. The van der Waals surface area contributed by atoms with Crippen molar-refractivity contribution in [3.8, 4) is 0 Å². The third kappa shape index (κ3) is 19.1. The van der Waals surface area contributed by atoms with Crippen LogP contribution in [0, 0.1) is 50.4 Å². The van der Waals surface area contributed by atoms with Crippen LogP contribution in [0.5, 0.6) is 0 Å². The van der Waals surface area contributed by atoms with Crippen LogP contribution in [0.4, 0.5) is 5.69 Å². The number of hydrogen-bond acceptors (Lipinski definition) is 3. The fourth-order valence-electron chi connectivity index (χ4n) is 8.71. The maximum Gasteiger partial charge on any atom is 0.210 e. The van der Waals surface area contributed by atoms with Gasteiger partial charge in [0.15, 0.2) is 5.78 Å². The molecule has 3 heteroatoms. The lowest BCUT2D eigenvalue weighted by atomic mass is 9.82. The summed E-state index contributed by atoms with van der Waals surface area (Å²) in [5.74, 6) is 4.13. The predicted molar refractivity (Wildman–Crippen MR) is 279 cm³/mol. The number of benzene rings is 3. The molecule has 0 saturated heterocycles. The van der Waals surface area contributed by atoms with Gasteiger partial charge in [0.1, 0.15) is 0 Å². The number of fused-ring (bicyclic) bond motifs is 1. The van der Waals surface area contributed by atoms with Crippen LogP contribution in [0.1, 0.15) is 176 Å². The number of nitrogens with one attached hydrogen (secondary N) is 1. The summed E-state index contributed by atoms with van der Waals surface area (Å²) in [6.07, 6.45) is 33.5. The summed E-state index contributed by atoms with van der Waals surface area (Å²) < 4.78 is 0. The molecule has 0 amide bonds. The van der Waals surface area contributed by atoms with Gasteiger partial charge in [-0.3, -0.25) is 9.59 Å². The van der Waals surface area contributed by atoms with E-state index in [9.17, 15) is 9.59 Å². The summed E-state index contributed by atoms with van der Waals surface area (Å²) in [7, 11) is 0. The van der Waals surface area contributed by atoms with Gasteiger partial charge in [-0.15, -0.1) is 0 Å². The monoisotopic (exact) mass is 864 g/mol. The topological polar surface area (TPSA) is 46.2 Å². The van der Waals surface area contributed by atoms with E-state index in [1.807, 2.05) is 44.2 Å². The van der Waals surface area contributed by atoms with E-state index in [1.54, 1.807) is 23.3 Å². The molecule has 0 fully saturated rings. The number of allylic oxidation sites excluding steroid dienone is 12. The first-order valence-electron chi connectivity index (χ1n) is 24.8. The summed E-state index contributed by atoms with van der Waals surface area (Å²) in [6, 6.07) is 21.6. The number of hydrogen-bond donors (Lipinski definition) is 1. The molecule has 0 bridgehead atoms. The standard InChI is InChI=1S/C18H15NO2.2C11H20.C11H14.C10H16/c1-11-4-3-5-13(8-11)19-16-10-17(20)15-9-12(2)6-7-14(15)18(16)21;2*1-4-5-11-7-6-9(2)10(3)8-11;1-3-4-7-11-8-5-6-10(2)9-11;1-3-4-10-7-5-9(2)6-8-10/h3-10,19H,1-2H3;2*8-9,11H,4-7H2,1-3H3;3-6,8-9H,7H2,1-2H3;3-4,7,9H,5-6,8H2,1-2H3/b;;;2*4-3+. The lowest BCUT2D eigenvalue weighted by Gasteiger charge is -2.23. The molecule has 0 aliphatic heterocycles. The Hall–Kier alpha value is -4.76. The molecule has 0 heterocycles. The molecule has 3 aromatic rings. The number of Topliss-reactive ketones (excluding diaryl/α,β-unsaturated/α-hetero) is 1. The Balaban J connectivity index is 0.000000222. The Bertz CT molecular complexity index is 2070. The zero-order valence-corrected chi connectivity index (χ0v) is 42.2. The van der Waals surface area contributed by atoms with Gasteiger partial charge in [-0.2, -0.15) is 0 Å². The first-order valence-corrected chi connectivity index (χ1v) is 24.8. The van der Waals surface area contributed by atoms with E-state index in [4.69, 9.17) is 0 Å². The van der Waals surface area contributed by atoms with Crippen LogP contribution in [0.15, 0.2) is 138 Å². The second-order valence-corrected chi connectivity index (χ2v) is 19.1. The number of rotatable bonds is 9. The molecular weight excluding hydrogens is 779 g/mol. The zero-order chi connectivity index (χ0) is 47.0. The minimum absolute atomic E-state index is 0.136. The SMILES string of the molecule is C/C=C/C1=CCC(C)CC1.C/C=C/Cc1cccc(C)c1.CCCC1C=C(C)C(C)CC1.CCCC1C=C(C)C(C)CC1.Cc1cccc(NC2=CC(=O)c3cc(C)ccc3C2=O)c1. The van der Waals surface area contributed by atoms with E-state index in [1.165, 1.54) is 93.4 Å². The highest BCUT2D eigenvalue weighted by Gasteiger charge is 2.25. The molecule has 1 N–H and O–H groups in total. The van der Waals surface area contributed by atoms with Gasteiger partial charge in [-0.25, -0.2) is 0 Å². The number of aryl methyl sites for hydroxylation is 3. The van der Waals surface area contributed by atoms with Crippen LogP contribution in [-0.4, -0.2) is 11.6 Å². The molecule has 4 aliphatic rings. The molecule has 7 rings (SSSR count). The van der Waals surface area contributed by atoms with E-state index < -0.39 is 0 Å². The molecule has 5 atom stereocenters. The van der Waals surface area contributed by atoms with Crippen molar-refractivity contribution in [2.45, 2.75) is 160 Å². The van der Waals surface area contributed by atoms with Crippen molar-refractivity contribution in [3.05, 3.63) is 171 Å². The fourth-order valence-corrected chi connectivity index (χ4v) is 8.71. The minimum atomic E-state index is -0.147. The molecule has 0 spiro atoms. The van der Waals surface area contributed by atoms with Crippen LogP contribution in [0.2, 0.25) is 0 Å². The summed E-state index contributed by atoms with van der Waals surface area (Å²) in [6.45, 7) is 26.3. The summed E-state index contributed by atoms with van der Waals surface area (Å²) in [5.41, 5.74) is 11.6. The molecule has 0 saturated carbocycles. The van der Waals surface area contributed by atoms with Crippen LogP contribution >= 0.6 is 0 Å². The second kappa shape index (κ2) is 28.9. The zero-order valence-electron chi connectivity index (χ0n) is 42.2. The van der Waals surface area contributed by atoms with Crippen LogP contribution in [-0.2, 0) is 6.42 Å². The second-order valence-electron chi connectivity index (χ2n) is 19.1. The van der Waals surface area contributed by atoms with E-state index in [0.717, 1.165) is 52.8 Å². The molecule has 5 unspecified atom stereocenters. The molecule has 64 heavy (non-hydrogen) atoms. The highest BCUT2D eigenvalue weighted by Crippen LogP contribution is 2.31. The smallest absolute Gasteiger partial charge is 0.210 e. The van der Waals surface area contributed by atoms with Crippen molar-refractivity contribution < 1.29 is 9.59 Å². The van der Waals surface area contributed by atoms with Gasteiger partial charge < -0.3 is 5.32 Å². The van der Waals surface area contributed by atoms with E-state index in [0.29, 0.717) is 16.8 Å². The van der Waals surface area contributed by atoms with Gasteiger partial charge in [0.2, 0.25) is 5.78 Å². The first kappa shape index (κ1) is 53.6. The Kier molecular flexibility index (Phi) is 24.2. The van der Waals surface area contributed by atoms with Crippen LogP contribution in [0.3, 0.4) is 0 Å². The predicted octanol–water partition coefficient (Wildman–Crippen LogP) is 17.7. The summed E-state index contributed by atoms with van der Waals surface area (Å²) >= 11 is 0. The van der Waals surface area contributed by atoms with Gasteiger partial charge in [-0.05, 0) is 178 Å². The van der Waals surface area contributed by atoms with Crippen LogP contribution in [0.25, 0.3) is 0 Å². The lowest BCUT2D eigenvalue weighted by Crippen LogP contribution is -2.21. The van der Waals surface area contributed by atoms with E-state index >= 15 is 0 Å². The average molecular weight is 864 g/mol. The quantitative estimate of drug-likeness (QED) is 0.218. The Morgan fingerprint density at radius 1 is 0.656 bits per heavy atom. The summed E-state index contributed by atoms with van der Waals surface area (Å²) in [4.78, 5) is 24.7. The number of carbonyl (C=O) groups excluding carboxylic acids is 2. The van der Waals surface area contributed by atoms with Crippen molar-refractivity contribution in [1.82, 2.24) is 0 Å². The van der Waals surface area contributed by atoms with E-state index in [-0.39, 0.29) is 11.6 Å². The lowest BCUT2D eigenvalue weighted by molar-refractivity contribution is 0.0985. The fraction of sp³-hybridized carbons (Fsp3) is 0.475. The van der Waals surface area contributed by atoms with Gasteiger partial charge in [0, 0.05) is 22.9 Å². The molecule has 346 valence electrons. The van der Waals surface area contributed by atoms with Crippen molar-refractivity contribution in [2.24, 2.45) is 29.6 Å². The maximum atomic E-state index is 12.5. The van der Waals surface area contributed by atoms with Gasteiger partial charge in [0.05, 0.1) is 5.70 Å². The normalized spacial score (nSPS) is 21.5. The van der Waals surface area contributed by atoms with Crippen molar-refractivity contribution >= 4 is 17.3 Å². The number of anilines is 1. The maximum absolute atomic E-state index is 12.5. The Morgan fingerprint density at radius 2 is 1.25 bits per heavy atom. The third-order valence-electron chi connectivity index (χ3n) is 13.1. The van der Waals surface area contributed by atoms with Gasteiger partial charge in [-0.1, -0.05) is 160 Å². The van der Waals surface area contributed by atoms with E-state index in [2.05, 4.69) is 141 Å². The Labute approximate surface area is 391 Å². The largest absolute Gasteiger partial charge is 0.352 e. The van der Waals surface area contributed by atoms with Crippen LogP contribution < -0.4 is 5.32 Å². The first-order chi connectivity index (χ1) is 30.7.